The van der Waals surface area contributed by atoms with E-state index in [9.17, 15) is 24.8 Å². The van der Waals surface area contributed by atoms with Gasteiger partial charge in [0.1, 0.15) is 5.69 Å². The lowest BCUT2D eigenvalue weighted by Gasteiger charge is -2.23. The molecule has 8 heteroatoms. The van der Waals surface area contributed by atoms with E-state index in [-0.39, 0.29) is 29.6 Å². The van der Waals surface area contributed by atoms with Gasteiger partial charge in [0.25, 0.3) is 11.6 Å². The number of fused-ring (bicyclic) bond motifs is 1. The highest BCUT2D eigenvalue weighted by Gasteiger charge is 2.55. The number of carboxylic acids is 1. The number of hydrogen-bond acceptors (Lipinski definition) is 5. The van der Waals surface area contributed by atoms with E-state index >= 15 is 0 Å². The largest absolute Gasteiger partial charge is 0.481 e. The summed E-state index contributed by atoms with van der Waals surface area (Å²) in [5.41, 5.74) is -0.105. The van der Waals surface area contributed by atoms with E-state index in [1.807, 2.05) is 4.90 Å². The normalized spacial score (nSPS) is 27.0. The Morgan fingerprint density at radius 3 is 2.59 bits per heavy atom. The van der Waals surface area contributed by atoms with E-state index in [0.29, 0.717) is 18.7 Å². The molecule has 0 unspecified atom stereocenters. The van der Waals surface area contributed by atoms with Crippen LogP contribution in [0.15, 0.2) is 18.2 Å². The van der Waals surface area contributed by atoms with Crippen LogP contribution < -0.4 is 4.90 Å². The monoisotopic (exact) mass is 373 g/mol. The number of hydrogen-bond donors (Lipinski definition) is 1. The van der Waals surface area contributed by atoms with Crippen molar-refractivity contribution in [1.29, 1.82) is 0 Å². The summed E-state index contributed by atoms with van der Waals surface area (Å²) in [6, 6.07) is 4.63. The van der Waals surface area contributed by atoms with Gasteiger partial charge in [0.2, 0.25) is 0 Å². The lowest BCUT2D eigenvalue weighted by atomic mass is 9.81. The topological polar surface area (TPSA) is 104 Å². The second-order valence-electron chi connectivity index (χ2n) is 7.89. The molecule has 8 nitrogen and oxygen atoms in total. The predicted molar refractivity (Wildman–Crippen MR) is 97.9 cm³/mol. The van der Waals surface area contributed by atoms with Gasteiger partial charge in [-0.1, -0.05) is 6.42 Å². The molecule has 2 heterocycles. The summed E-state index contributed by atoms with van der Waals surface area (Å²) in [5.74, 6) is -1.19. The first-order valence-corrected chi connectivity index (χ1v) is 9.48. The average Bonchev–Trinajstić information content (AvgIpc) is 3.36. The fourth-order valence-corrected chi connectivity index (χ4v) is 5.00. The maximum Gasteiger partial charge on any atom is 0.311 e. The van der Waals surface area contributed by atoms with Crippen molar-refractivity contribution in [3.63, 3.8) is 0 Å². The smallest absolute Gasteiger partial charge is 0.311 e. The molecular weight excluding hydrogens is 350 g/mol. The Morgan fingerprint density at radius 1 is 1.22 bits per heavy atom. The van der Waals surface area contributed by atoms with Crippen LogP contribution in [-0.2, 0) is 4.79 Å². The highest BCUT2D eigenvalue weighted by molar-refractivity contribution is 5.96. The molecule has 2 aliphatic heterocycles. The van der Waals surface area contributed by atoms with Gasteiger partial charge in [0.15, 0.2) is 0 Å². The second-order valence-corrected chi connectivity index (χ2v) is 7.89. The third-order valence-electron chi connectivity index (χ3n) is 6.45. The minimum Gasteiger partial charge on any atom is -0.481 e. The van der Waals surface area contributed by atoms with Crippen LogP contribution in [-0.4, -0.2) is 53.0 Å². The van der Waals surface area contributed by atoms with Gasteiger partial charge < -0.3 is 14.9 Å². The number of rotatable bonds is 4. The SMILES string of the molecule is O=C(c1ccc(N2CCCC2)c([N+](=O)[O-])c1)N1C[C@@H]2CCC[C@@]2(C(=O)O)C1. The minimum absolute atomic E-state index is 0.0298. The molecule has 1 aliphatic carbocycles. The zero-order chi connectivity index (χ0) is 19.2. The predicted octanol–water partition coefficient (Wildman–Crippen LogP) is 2.52. The molecule has 2 atom stereocenters. The van der Waals surface area contributed by atoms with Crippen LogP contribution in [0.5, 0.6) is 0 Å². The molecule has 3 aliphatic rings. The zero-order valence-electron chi connectivity index (χ0n) is 15.1. The Bertz CT molecular complexity index is 805. The van der Waals surface area contributed by atoms with E-state index < -0.39 is 16.3 Å². The first kappa shape index (κ1) is 17.8. The zero-order valence-corrected chi connectivity index (χ0v) is 15.1. The Balaban J connectivity index is 1.60. The number of amides is 1. The van der Waals surface area contributed by atoms with E-state index in [1.54, 1.807) is 17.0 Å². The van der Waals surface area contributed by atoms with E-state index in [0.717, 1.165) is 38.8 Å². The van der Waals surface area contributed by atoms with Crippen molar-refractivity contribution in [2.75, 3.05) is 31.1 Å². The van der Waals surface area contributed by atoms with Gasteiger partial charge in [0.05, 0.1) is 10.3 Å². The van der Waals surface area contributed by atoms with Crippen molar-refractivity contribution >= 4 is 23.3 Å². The molecular formula is C19H23N3O5. The molecule has 0 bridgehead atoms. The van der Waals surface area contributed by atoms with Crippen LogP contribution in [0.25, 0.3) is 0 Å². The molecule has 1 N–H and O–H groups in total. The van der Waals surface area contributed by atoms with Gasteiger partial charge in [-0.25, -0.2) is 0 Å². The lowest BCUT2D eigenvalue weighted by Crippen LogP contribution is -2.37. The van der Waals surface area contributed by atoms with Crippen LogP contribution in [0.3, 0.4) is 0 Å². The summed E-state index contributed by atoms with van der Waals surface area (Å²) in [5, 5.41) is 21.2. The van der Waals surface area contributed by atoms with Gasteiger partial charge in [-0.3, -0.25) is 19.7 Å². The number of anilines is 1. The molecule has 1 aromatic carbocycles. The molecule has 0 radical (unpaired) electrons. The maximum atomic E-state index is 12.9. The Kier molecular flexibility index (Phi) is 4.28. The fourth-order valence-electron chi connectivity index (χ4n) is 5.00. The highest BCUT2D eigenvalue weighted by atomic mass is 16.6. The summed E-state index contributed by atoms with van der Waals surface area (Å²) in [7, 11) is 0. The molecule has 4 rings (SSSR count). The molecule has 27 heavy (non-hydrogen) atoms. The maximum absolute atomic E-state index is 12.9. The number of aliphatic carboxylic acids is 1. The van der Waals surface area contributed by atoms with Gasteiger partial charge in [-0.2, -0.15) is 0 Å². The highest BCUT2D eigenvalue weighted by Crippen LogP contribution is 2.49. The number of carbonyl (C=O) groups is 2. The summed E-state index contributed by atoms with van der Waals surface area (Å²) in [4.78, 5) is 39.4. The third-order valence-corrected chi connectivity index (χ3v) is 6.45. The first-order chi connectivity index (χ1) is 12.9. The molecule has 0 spiro atoms. The summed E-state index contributed by atoms with van der Waals surface area (Å²) >= 11 is 0. The van der Waals surface area contributed by atoms with Crippen LogP contribution in [0.1, 0.15) is 42.5 Å². The number of carbonyl (C=O) groups excluding carboxylic acids is 1. The van der Waals surface area contributed by atoms with Crippen molar-refractivity contribution in [3.05, 3.63) is 33.9 Å². The quantitative estimate of drug-likeness (QED) is 0.642. The average molecular weight is 373 g/mol. The Morgan fingerprint density at radius 2 is 1.96 bits per heavy atom. The van der Waals surface area contributed by atoms with E-state index in [2.05, 4.69) is 0 Å². The van der Waals surface area contributed by atoms with Gasteiger partial charge in [-0.15, -0.1) is 0 Å². The van der Waals surface area contributed by atoms with Crippen molar-refractivity contribution in [1.82, 2.24) is 4.90 Å². The van der Waals surface area contributed by atoms with Crippen LogP contribution in [0.4, 0.5) is 11.4 Å². The second kappa shape index (κ2) is 6.51. The fraction of sp³-hybridized carbons (Fsp3) is 0.579. The number of nitro groups is 1. The van der Waals surface area contributed by atoms with Crippen LogP contribution in [0.2, 0.25) is 0 Å². The van der Waals surface area contributed by atoms with Crippen LogP contribution in [0, 0.1) is 21.4 Å². The van der Waals surface area contributed by atoms with Crippen LogP contribution >= 0.6 is 0 Å². The molecule has 144 valence electrons. The summed E-state index contributed by atoms with van der Waals surface area (Å²) < 4.78 is 0. The molecule has 0 aromatic heterocycles. The standard InChI is InChI=1S/C19H23N3O5/c23-17(21-11-14-4-3-7-19(14,12-21)18(24)25)13-5-6-15(16(10-13)22(26)27)20-8-1-2-9-20/h5-6,10,14H,1-4,7-9,11-12H2,(H,24,25)/t14-,19+/m0/s1. The molecule has 2 saturated heterocycles. The Hall–Kier alpha value is -2.64. The van der Waals surface area contributed by atoms with Crippen molar-refractivity contribution < 1.29 is 19.6 Å². The van der Waals surface area contributed by atoms with Gasteiger partial charge in [0, 0.05) is 37.8 Å². The number of likely N-dealkylation sites (tertiary alicyclic amines) is 1. The van der Waals surface area contributed by atoms with E-state index in [1.165, 1.54) is 6.07 Å². The summed E-state index contributed by atoms with van der Waals surface area (Å²) in [6.07, 6.45) is 4.28. The van der Waals surface area contributed by atoms with E-state index in [4.69, 9.17) is 0 Å². The molecule has 1 amide bonds. The molecule has 1 saturated carbocycles. The molecule has 1 aromatic rings. The number of carboxylic acid groups (broad SMARTS) is 1. The Labute approximate surface area is 156 Å². The lowest BCUT2D eigenvalue weighted by molar-refractivity contribution is -0.384. The first-order valence-electron chi connectivity index (χ1n) is 9.48. The van der Waals surface area contributed by atoms with Crippen molar-refractivity contribution in [2.45, 2.75) is 32.1 Å². The summed E-state index contributed by atoms with van der Waals surface area (Å²) in [6.45, 7) is 2.16. The number of benzene rings is 1. The van der Waals surface area contributed by atoms with Crippen molar-refractivity contribution in [3.8, 4) is 0 Å². The number of nitro benzene ring substituents is 1. The molecule has 3 fully saturated rings. The van der Waals surface area contributed by atoms with Gasteiger partial charge in [-0.05, 0) is 43.7 Å². The number of nitrogens with zero attached hydrogens (tertiary/aromatic N) is 3. The van der Waals surface area contributed by atoms with Gasteiger partial charge >= 0.3 is 5.97 Å². The third kappa shape index (κ3) is 2.83. The minimum atomic E-state index is -0.850. The van der Waals surface area contributed by atoms with Crippen molar-refractivity contribution in [2.24, 2.45) is 11.3 Å².